The minimum Gasteiger partial charge on any atom is -0.311 e. The Hall–Kier alpha value is -3.81. The Labute approximate surface area is 153 Å². The quantitative estimate of drug-likeness (QED) is 0.508. The van der Waals surface area contributed by atoms with Crippen LogP contribution in [0.4, 0.5) is 17.1 Å². The Kier molecular flexibility index (Phi) is 4.55. The summed E-state index contributed by atoms with van der Waals surface area (Å²) in [6.45, 7) is 1.41. The molecule has 0 saturated heterocycles. The number of nitro benzene ring substituents is 2. The van der Waals surface area contributed by atoms with Gasteiger partial charge >= 0.3 is 0 Å². The number of nitrogens with zero attached hydrogens (tertiary/aromatic N) is 3. The van der Waals surface area contributed by atoms with Crippen LogP contribution in [0.15, 0.2) is 54.6 Å². The number of carbonyl (C=O) groups is 1. The predicted octanol–water partition coefficient (Wildman–Crippen LogP) is 4.24. The third-order valence-corrected chi connectivity index (χ3v) is 4.43. The molecule has 0 spiro atoms. The highest BCUT2D eigenvalue weighted by atomic mass is 16.6. The highest BCUT2D eigenvalue weighted by Crippen LogP contribution is 2.30. The van der Waals surface area contributed by atoms with Crippen molar-refractivity contribution in [3.8, 4) is 0 Å². The molecule has 0 aliphatic heterocycles. The Morgan fingerprint density at radius 2 is 1.59 bits per heavy atom. The molecule has 8 heteroatoms. The van der Waals surface area contributed by atoms with Gasteiger partial charge in [-0.2, -0.15) is 0 Å². The second-order valence-electron chi connectivity index (χ2n) is 6.05. The molecule has 0 heterocycles. The van der Waals surface area contributed by atoms with E-state index in [1.807, 2.05) is 36.4 Å². The summed E-state index contributed by atoms with van der Waals surface area (Å²) in [6.07, 6.45) is 0. The molecule has 0 N–H and O–H groups in total. The van der Waals surface area contributed by atoms with Crippen molar-refractivity contribution in [2.45, 2.75) is 6.92 Å². The van der Waals surface area contributed by atoms with Crippen molar-refractivity contribution in [2.24, 2.45) is 0 Å². The molecule has 0 aliphatic carbocycles. The largest absolute Gasteiger partial charge is 0.311 e. The number of rotatable bonds is 4. The van der Waals surface area contributed by atoms with Crippen LogP contribution in [0.25, 0.3) is 10.8 Å². The van der Waals surface area contributed by atoms with Crippen LogP contribution in [0.2, 0.25) is 0 Å². The molecule has 3 aromatic rings. The average Bonchev–Trinajstić information content (AvgIpc) is 2.66. The van der Waals surface area contributed by atoms with Gasteiger partial charge in [-0.25, -0.2) is 0 Å². The van der Waals surface area contributed by atoms with Gasteiger partial charge < -0.3 is 4.90 Å². The maximum atomic E-state index is 12.9. The molecule has 1 amide bonds. The number of fused-ring (bicyclic) bond motifs is 1. The van der Waals surface area contributed by atoms with E-state index in [0.717, 1.165) is 22.9 Å². The lowest BCUT2D eigenvalue weighted by Crippen LogP contribution is -2.27. The first-order valence-electron chi connectivity index (χ1n) is 8.00. The second kappa shape index (κ2) is 6.83. The monoisotopic (exact) mass is 365 g/mol. The van der Waals surface area contributed by atoms with Crippen molar-refractivity contribution in [3.63, 3.8) is 0 Å². The lowest BCUT2D eigenvalue weighted by Gasteiger charge is -2.19. The van der Waals surface area contributed by atoms with Gasteiger partial charge in [0.15, 0.2) is 0 Å². The van der Waals surface area contributed by atoms with Gasteiger partial charge in [0.1, 0.15) is 0 Å². The molecular formula is C19H15N3O5. The molecule has 0 radical (unpaired) electrons. The van der Waals surface area contributed by atoms with Gasteiger partial charge in [0.2, 0.25) is 0 Å². The molecule has 136 valence electrons. The Morgan fingerprint density at radius 1 is 0.926 bits per heavy atom. The minimum absolute atomic E-state index is 0.0773. The van der Waals surface area contributed by atoms with E-state index in [4.69, 9.17) is 0 Å². The molecule has 0 unspecified atom stereocenters. The van der Waals surface area contributed by atoms with E-state index in [2.05, 4.69) is 0 Å². The zero-order chi connectivity index (χ0) is 19.7. The van der Waals surface area contributed by atoms with Gasteiger partial charge in [0.05, 0.1) is 21.5 Å². The van der Waals surface area contributed by atoms with Crippen molar-refractivity contribution in [1.29, 1.82) is 0 Å². The van der Waals surface area contributed by atoms with Gasteiger partial charge in [-0.3, -0.25) is 25.0 Å². The SMILES string of the molecule is Cc1c(C(=O)N(C)c2ccc3ccccc3c2)cc([N+](=O)[O-])cc1[N+](=O)[O-]. The number of non-ortho nitro benzene ring substituents is 1. The van der Waals surface area contributed by atoms with Crippen molar-refractivity contribution in [3.05, 3.63) is 86.0 Å². The first-order chi connectivity index (χ1) is 12.8. The summed E-state index contributed by atoms with van der Waals surface area (Å²) < 4.78 is 0. The summed E-state index contributed by atoms with van der Waals surface area (Å²) in [4.78, 5) is 35.1. The summed E-state index contributed by atoms with van der Waals surface area (Å²) in [5.74, 6) is -0.561. The van der Waals surface area contributed by atoms with Crippen LogP contribution in [-0.2, 0) is 0 Å². The van der Waals surface area contributed by atoms with Crippen LogP contribution in [0.1, 0.15) is 15.9 Å². The summed E-state index contributed by atoms with van der Waals surface area (Å²) in [6, 6.07) is 15.0. The zero-order valence-corrected chi connectivity index (χ0v) is 14.6. The number of hydrogen-bond donors (Lipinski definition) is 0. The van der Waals surface area contributed by atoms with E-state index in [-0.39, 0.29) is 11.1 Å². The first kappa shape index (κ1) is 18.0. The van der Waals surface area contributed by atoms with E-state index < -0.39 is 27.1 Å². The van der Waals surface area contributed by atoms with Crippen LogP contribution in [0, 0.1) is 27.2 Å². The fourth-order valence-corrected chi connectivity index (χ4v) is 2.88. The topological polar surface area (TPSA) is 107 Å². The number of nitro groups is 2. The Bertz CT molecular complexity index is 1090. The second-order valence-corrected chi connectivity index (χ2v) is 6.05. The summed E-state index contributed by atoms with van der Waals surface area (Å²) >= 11 is 0. The van der Waals surface area contributed by atoms with E-state index in [0.29, 0.717) is 5.69 Å². The molecule has 8 nitrogen and oxygen atoms in total. The number of benzene rings is 3. The minimum atomic E-state index is -0.751. The van der Waals surface area contributed by atoms with E-state index >= 15 is 0 Å². The zero-order valence-electron chi connectivity index (χ0n) is 14.6. The van der Waals surface area contributed by atoms with Crippen molar-refractivity contribution >= 4 is 33.7 Å². The lowest BCUT2D eigenvalue weighted by molar-refractivity contribution is -0.394. The van der Waals surface area contributed by atoms with Gasteiger partial charge in [0, 0.05) is 24.4 Å². The predicted molar refractivity (Wildman–Crippen MR) is 101 cm³/mol. The molecule has 0 atom stereocenters. The van der Waals surface area contributed by atoms with Crippen molar-refractivity contribution in [1.82, 2.24) is 0 Å². The van der Waals surface area contributed by atoms with E-state index in [1.165, 1.54) is 18.9 Å². The van der Waals surface area contributed by atoms with Gasteiger partial charge in [0.25, 0.3) is 17.3 Å². The number of carbonyl (C=O) groups excluding carboxylic acids is 1. The molecule has 0 bridgehead atoms. The number of anilines is 1. The average molecular weight is 365 g/mol. The van der Waals surface area contributed by atoms with Crippen molar-refractivity contribution < 1.29 is 14.6 Å². The first-order valence-corrected chi connectivity index (χ1v) is 8.00. The summed E-state index contributed by atoms with van der Waals surface area (Å²) in [5, 5.41) is 24.3. The van der Waals surface area contributed by atoms with Crippen LogP contribution < -0.4 is 4.90 Å². The highest BCUT2D eigenvalue weighted by Gasteiger charge is 2.26. The normalized spacial score (nSPS) is 10.6. The van der Waals surface area contributed by atoms with Crippen molar-refractivity contribution in [2.75, 3.05) is 11.9 Å². The smallest absolute Gasteiger partial charge is 0.279 e. The number of hydrogen-bond acceptors (Lipinski definition) is 5. The maximum Gasteiger partial charge on any atom is 0.279 e. The molecule has 0 aromatic heterocycles. The molecule has 27 heavy (non-hydrogen) atoms. The number of amides is 1. The third kappa shape index (κ3) is 3.32. The molecule has 3 rings (SSSR count). The summed E-state index contributed by atoms with van der Waals surface area (Å²) in [7, 11) is 1.52. The van der Waals surface area contributed by atoms with E-state index in [1.54, 1.807) is 6.07 Å². The fraction of sp³-hybridized carbons (Fsp3) is 0.105. The molecule has 0 fully saturated rings. The third-order valence-electron chi connectivity index (χ3n) is 4.43. The Balaban J connectivity index is 2.08. The standard InChI is InChI=1S/C19H15N3O5/c1-12-17(10-16(21(24)25)11-18(12)22(26)27)19(23)20(2)15-8-7-13-5-3-4-6-14(13)9-15/h3-11H,1-2H3. The Morgan fingerprint density at radius 3 is 2.22 bits per heavy atom. The molecular weight excluding hydrogens is 350 g/mol. The highest BCUT2D eigenvalue weighted by molar-refractivity contribution is 6.08. The van der Waals surface area contributed by atoms with Crippen LogP contribution >= 0.6 is 0 Å². The van der Waals surface area contributed by atoms with Crippen LogP contribution in [0.5, 0.6) is 0 Å². The lowest BCUT2D eigenvalue weighted by atomic mass is 10.0. The summed E-state index contributed by atoms with van der Waals surface area (Å²) in [5.41, 5.74) is -0.371. The van der Waals surface area contributed by atoms with E-state index in [9.17, 15) is 25.0 Å². The van der Waals surface area contributed by atoms with Gasteiger partial charge in [-0.1, -0.05) is 30.3 Å². The van der Waals surface area contributed by atoms with Gasteiger partial charge in [-0.15, -0.1) is 0 Å². The van der Waals surface area contributed by atoms with Crippen LogP contribution in [0.3, 0.4) is 0 Å². The maximum absolute atomic E-state index is 12.9. The van der Waals surface area contributed by atoms with Crippen LogP contribution in [-0.4, -0.2) is 22.8 Å². The molecule has 0 aliphatic rings. The fourth-order valence-electron chi connectivity index (χ4n) is 2.88. The van der Waals surface area contributed by atoms with Gasteiger partial charge in [-0.05, 0) is 29.8 Å². The molecule has 3 aromatic carbocycles. The molecule has 0 saturated carbocycles.